The Balaban J connectivity index is 1.80. The summed E-state index contributed by atoms with van der Waals surface area (Å²) < 4.78 is 10.2. The number of amides is 1. The minimum Gasteiger partial charge on any atom is -0.469 e. The third-order valence-corrected chi connectivity index (χ3v) is 4.38. The Hall–Kier alpha value is -2.41. The maximum absolute atomic E-state index is 12.2. The number of benzene rings is 1. The number of esters is 2. The minimum atomic E-state index is -1.45. The van der Waals surface area contributed by atoms with Crippen molar-refractivity contribution in [1.82, 2.24) is 4.90 Å². The zero-order chi connectivity index (χ0) is 16.6. The molecular weight excluding hydrogens is 302 g/mol. The van der Waals surface area contributed by atoms with Crippen molar-refractivity contribution in [2.24, 2.45) is 5.92 Å². The molecule has 0 bridgehead atoms. The summed E-state index contributed by atoms with van der Waals surface area (Å²) in [6.07, 6.45) is -1.67. The number of carbonyl (C=O) groups is 3. The van der Waals surface area contributed by atoms with Crippen LogP contribution in [-0.4, -0.2) is 59.8 Å². The number of nitrogens with zero attached hydrogens (tertiary/aromatic N) is 1. The molecule has 3 rings (SSSR count). The van der Waals surface area contributed by atoms with E-state index >= 15 is 0 Å². The van der Waals surface area contributed by atoms with Gasteiger partial charge in [-0.25, -0.2) is 4.79 Å². The first kappa shape index (κ1) is 15.5. The Morgan fingerprint density at radius 3 is 2.61 bits per heavy atom. The van der Waals surface area contributed by atoms with E-state index in [1.165, 1.54) is 12.0 Å². The highest BCUT2D eigenvalue weighted by molar-refractivity contribution is 5.93. The summed E-state index contributed by atoms with van der Waals surface area (Å²) in [5.41, 5.74) is 0.394. The zero-order valence-corrected chi connectivity index (χ0v) is 12.5. The molecule has 2 aliphatic heterocycles. The van der Waals surface area contributed by atoms with E-state index in [4.69, 9.17) is 4.74 Å². The highest BCUT2D eigenvalue weighted by atomic mass is 16.5. The summed E-state index contributed by atoms with van der Waals surface area (Å²) >= 11 is 0. The van der Waals surface area contributed by atoms with Crippen molar-refractivity contribution < 1.29 is 29.0 Å². The van der Waals surface area contributed by atoms with Crippen molar-refractivity contribution in [3.8, 4) is 0 Å². The fourth-order valence-electron chi connectivity index (χ4n) is 3.29. The van der Waals surface area contributed by atoms with Crippen LogP contribution in [0.15, 0.2) is 30.3 Å². The highest BCUT2D eigenvalue weighted by Gasteiger charge is 2.58. The van der Waals surface area contributed by atoms with E-state index in [-0.39, 0.29) is 0 Å². The smallest absolute Gasteiger partial charge is 0.338 e. The molecule has 1 amide bonds. The van der Waals surface area contributed by atoms with Crippen LogP contribution in [0.5, 0.6) is 0 Å². The molecule has 2 saturated heterocycles. The number of ether oxygens (including phenoxy) is 2. The Kier molecular flexibility index (Phi) is 4.04. The fourth-order valence-corrected chi connectivity index (χ4v) is 3.29. The van der Waals surface area contributed by atoms with E-state index in [1.807, 2.05) is 0 Å². The predicted molar refractivity (Wildman–Crippen MR) is 77.3 cm³/mol. The number of rotatable bonds is 3. The van der Waals surface area contributed by atoms with Crippen LogP contribution >= 0.6 is 0 Å². The number of hydrogen-bond donors (Lipinski definition) is 1. The second kappa shape index (κ2) is 6.00. The Morgan fingerprint density at radius 2 is 1.96 bits per heavy atom. The molecule has 0 saturated carbocycles. The fraction of sp³-hybridized carbons (Fsp3) is 0.438. The molecule has 4 unspecified atom stereocenters. The normalized spacial score (nSPS) is 29.3. The summed E-state index contributed by atoms with van der Waals surface area (Å²) in [5, 5.41) is 10.0. The molecule has 122 valence electrons. The van der Waals surface area contributed by atoms with Gasteiger partial charge >= 0.3 is 11.9 Å². The van der Waals surface area contributed by atoms with E-state index in [1.54, 1.807) is 30.3 Å². The molecular formula is C16H17NO6. The molecule has 7 nitrogen and oxygen atoms in total. The van der Waals surface area contributed by atoms with Crippen molar-refractivity contribution in [2.45, 2.75) is 24.7 Å². The number of carbonyl (C=O) groups excluding carboxylic acids is 3. The third-order valence-electron chi connectivity index (χ3n) is 4.38. The first-order valence-corrected chi connectivity index (χ1v) is 7.37. The first-order chi connectivity index (χ1) is 11.0. The van der Waals surface area contributed by atoms with Gasteiger partial charge in [0.1, 0.15) is 18.1 Å². The van der Waals surface area contributed by atoms with Crippen LogP contribution in [0.4, 0.5) is 0 Å². The number of aliphatic hydroxyl groups excluding tert-OH is 1. The second-order valence-corrected chi connectivity index (χ2v) is 5.61. The van der Waals surface area contributed by atoms with Gasteiger partial charge in [-0.1, -0.05) is 18.2 Å². The predicted octanol–water partition coefficient (Wildman–Crippen LogP) is -0.0234. The first-order valence-electron chi connectivity index (χ1n) is 7.37. The van der Waals surface area contributed by atoms with E-state index in [0.717, 1.165) is 0 Å². The summed E-state index contributed by atoms with van der Waals surface area (Å²) in [4.78, 5) is 37.6. The quantitative estimate of drug-likeness (QED) is 0.787. The number of methoxy groups -OCH3 is 1. The van der Waals surface area contributed by atoms with Crippen molar-refractivity contribution in [3.63, 3.8) is 0 Å². The summed E-state index contributed by atoms with van der Waals surface area (Å²) in [6, 6.07) is 7.80. The van der Waals surface area contributed by atoms with Gasteiger partial charge < -0.3 is 19.5 Å². The Labute approximate surface area is 132 Å². The van der Waals surface area contributed by atoms with Crippen LogP contribution < -0.4 is 0 Å². The van der Waals surface area contributed by atoms with Crippen LogP contribution in [0, 0.1) is 5.92 Å². The lowest BCUT2D eigenvalue weighted by Crippen LogP contribution is -2.42. The summed E-state index contributed by atoms with van der Waals surface area (Å²) in [5.74, 6) is -2.76. The van der Waals surface area contributed by atoms with Crippen LogP contribution in [0.2, 0.25) is 0 Å². The molecule has 1 aromatic carbocycles. The Bertz CT molecular complexity index is 631. The lowest BCUT2D eigenvalue weighted by Gasteiger charge is -2.24. The van der Waals surface area contributed by atoms with Crippen molar-refractivity contribution in [1.29, 1.82) is 0 Å². The molecule has 2 fully saturated rings. The van der Waals surface area contributed by atoms with Gasteiger partial charge in [0.2, 0.25) is 0 Å². The van der Waals surface area contributed by atoms with Crippen LogP contribution in [-0.2, 0) is 19.1 Å². The molecule has 1 aromatic rings. The molecule has 7 heteroatoms. The van der Waals surface area contributed by atoms with Crippen molar-refractivity contribution in [2.75, 3.05) is 13.7 Å². The van der Waals surface area contributed by atoms with Crippen LogP contribution in [0.1, 0.15) is 16.8 Å². The topological polar surface area (TPSA) is 93.1 Å². The lowest BCUT2D eigenvalue weighted by molar-refractivity contribution is -0.151. The van der Waals surface area contributed by atoms with Gasteiger partial charge in [-0.15, -0.1) is 0 Å². The van der Waals surface area contributed by atoms with E-state index in [0.29, 0.717) is 18.5 Å². The second-order valence-electron chi connectivity index (χ2n) is 5.61. The van der Waals surface area contributed by atoms with E-state index in [9.17, 15) is 19.5 Å². The maximum Gasteiger partial charge on any atom is 0.338 e. The number of aliphatic hydroxyl groups is 1. The van der Waals surface area contributed by atoms with Crippen molar-refractivity contribution in [3.05, 3.63) is 35.9 Å². The molecule has 23 heavy (non-hydrogen) atoms. The molecule has 4 atom stereocenters. The van der Waals surface area contributed by atoms with Crippen molar-refractivity contribution >= 4 is 17.8 Å². The van der Waals surface area contributed by atoms with Gasteiger partial charge in [0.05, 0.1) is 18.7 Å². The van der Waals surface area contributed by atoms with Gasteiger partial charge in [-0.3, -0.25) is 9.59 Å². The molecule has 0 radical (unpaired) electrons. The third kappa shape index (κ3) is 2.57. The van der Waals surface area contributed by atoms with Gasteiger partial charge in [0.25, 0.3) is 5.91 Å². The van der Waals surface area contributed by atoms with Crippen LogP contribution in [0.3, 0.4) is 0 Å². The molecule has 0 aliphatic carbocycles. The van der Waals surface area contributed by atoms with Gasteiger partial charge in [-0.2, -0.15) is 0 Å². The summed E-state index contributed by atoms with van der Waals surface area (Å²) in [7, 11) is 1.20. The maximum atomic E-state index is 12.2. The molecule has 1 N–H and O–H groups in total. The van der Waals surface area contributed by atoms with E-state index in [2.05, 4.69) is 4.74 Å². The van der Waals surface area contributed by atoms with Gasteiger partial charge in [0, 0.05) is 13.0 Å². The number of fused-ring (bicyclic) bond motifs is 1. The molecule has 2 heterocycles. The molecule has 0 spiro atoms. The standard InChI is InChI=1S/C16H17NO6/c1-22-16(21)11-12-10(7-8-17(12)14(19)13(11)18)23-15(20)9-5-3-2-4-6-9/h2-6,10-13,18H,7-8H2,1H3. The minimum absolute atomic E-state index is 0.334. The lowest BCUT2D eigenvalue weighted by atomic mass is 9.94. The largest absolute Gasteiger partial charge is 0.469 e. The Morgan fingerprint density at radius 1 is 1.26 bits per heavy atom. The average molecular weight is 319 g/mol. The molecule has 2 aliphatic rings. The zero-order valence-electron chi connectivity index (χ0n) is 12.5. The van der Waals surface area contributed by atoms with E-state index < -0.39 is 42.0 Å². The summed E-state index contributed by atoms with van der Waals surface area (Å²) in [6.45, 7) is 0.334. The number of hydrogen-bond acceptors (Lipinski definition) is 6. The van der Waals surface area contributed by atoms with Crippen LogP contribution in [0.25, 0.3) is 0 Å². The monoisotopic (exact) mass is 319 g/mol. The highest BCUT2D eigenvalue weighted by Crippen LogP contribution is 2.36. The SMILES string of the molecule is COC(=O)C1C(O)C(=O)N2CCC(OC(=O)c3ccccc3)C12. The van der Waals surface area contributed by atoms with Gasteiger partial charge in [-0.05, 0) is 12.1 Å². The van der Waals surface area contributed by atoms with Gasteiger partial charge in [0.15, 0.2) is 0 Å². The average Bonchev–Trinajstić information content (AvgIpc) is 3.08. The molecule has 0 aromatic heterocycles.